The van der Waals surface area contributed by atoms with Gasteiger partial charge in [0.25, 0.3) is 0 Å². The van der Waals surface area contributed by atoms with Crippen molar-refractivity contribution in [2.75, 3.05) is 4.90 Å². The van der Waals surface area contributed by atoms with Crippen LogP contribution in [-0.4, -0.2) is 4.57 Å². The molecule has 1 heterocycles. The van der Waals surface area contributed by atoms with E-state index in [2.05, 4.69) is 254 Å². The molecule has 11 aromatic rings. The SMILES string of the molecule is CC1(C)c2ccccc2-c2ccc(-c3ccc(N(c4ccc(-c5ccccc5)cc4)c4ccc(-c5cccc6ccccc56)cc4)cc3)c(-n3c4ccccc4c4ccccc43)c21. The summed E-state index contributed by atoms with van der Waals surface area (Å²) in [5.41, 5.74) is 19.4. The van der Waals surface area contributed by atoms with Crippen LogP contribution < -0.4 is 4.90 Å². The van der Waals surface area contributed by atoms with Crippen molar-refractivity contribution in [2.45, 2.75) is 19.3 Å². The second-order valence-corrected chi connectivity index (χ2v) is 17.3. The van der Waals surface area contributed by atoms with Gasteiger partial charge in [0.2, 0.25) is 0 Å². The Hall–Kier alpha value is -7.94. The lowest BCUT2D eigenvalue weighted by Gasteiger charge is -2.28. The Morgan fingerprint density at radius 3 is 1.44 bits per heavy atom. The van der Waals surface area contributed by atoms with Crippen LogP contribution >= 0.6 is 0 Å². The molecule has 12 rings (SSSR count). The van der Waals surface area contributed by atoms with Crippen LogP contribution in [0.3, 0.4) is 0 Å². The third kappa shape index (κ3) is 5.94. The molecule has 0 fully saturated rings. The van der Waals surface area contributed by atoms with Crippen LogP contribution in [0, 0.1) is 0 Å². The molecule has 10 aromatic carbocycles. The summed E-state index contributed by atoms with van der Waals surface area (Å²) in [5, 5.41) is 5.04. The quantitative estimate of drug-likeness (QED) is 0.156. The Labute approximate surface area is 368 Å². The number of nitrogens with zero attached hydrogens (tertiary/aromatic N) is 2. The van der Waals surface area contributed by atoms with Gasteiger partial charge in [-0.25, -0.2) is 0 Å². The molecular formula is C61H44N2. The summed E-state index contributed by atoms with van der Waals surface area (Å²) in [6.45, 7) is 4.79. The minimum absolute atomic E-state index is 0.218. The van der Waals surface area contributed by atoms with Gasteiger partial charge in [-0.05, 0) is 109 Å². The molecule has 0 spiro atoms. The normalized spacial score (nSPS) is 12.7. The Balaban J connectivity index is 1.02. The van der Waals surface area contributed by atoms with Gasteiger partial charge in [-0.3, -0.25) is 0 Å². The molecule has 63 heavy (non-hydrogen) atoms. The van der Waals surface area contributed by atoms with E-state index in [-0.39, 0.29) is 5.41 Å². The minimum Gasteiger partial charge on any atom is -0.311 e. The van der Waals surface area contributed by atoms with E-state index < -0.39 is 0 Å². The lowest BCUT2D eigenvalue weighted by atomic mass is 9.80. The van der Waals surface area contributed by atoms with Gasteiger partial charge >= 0.3 is 0 Å². The number of aromatic nitrogens is 1. The number of anilines is 3. The third-order valence-electron chi connectivity index (χ3n) is 13.4. The van der Waals surface area contributed by atoms with E-state index in [4.69, 9.17) is 0 Å². The van der Waals surface area contributed by atoms with E-state index in [0.29, 0.717) is 0 Å². The molecule has 1 aliphatic carbocycles. The van der Waals surface area contributed by atoms with Gasteiger partial charge in [-0.2, -0.15) is 0 Å². The molecule has 2 nitrogen and oxygen atoms in total. The molecule has 2 heteroatoms. The number of hydrogen-bond donors (Lipinski definition) is 0. The fourth-order valence-corrected chi connectivity index (χ4v) is 10.4. The van der Waals surface area contributed by atoms with Crippen molar-refractivity contribution in [3.63, 3.8) is 0 Å². The van der Waals surface area contributed by atoms with Crippen LogP contribution in [0.5, 0.6) is 0 Å². The van der Waals surface area contributed by atoms with Crippen molar-refractivity contribution in [3.05, 3.63) is 242 Å². The first kappa shape index (κ1) is 36.9. The second-order valence-electron chi connectivity index (χ2n) is 17.3. The highest BCUT2D eigenvalue weighted by molar-refractivity contribution is 6.10. The van der Waals surface area contributed by atoms with Crippen molar-refractivity contribution in [2.24, 2.45) is 0 Å². The summed E-state index contributed by atoms with van der Waals surface area (Å²) in [6.07, 6.45) is 0. The van der Waals surface area contributed by atoms with Gasteiger partial charge in [-0.1, -0.05) is 196 Å². The smallest absolute Gasteiger partial charge is 0.0587 e. The molecule has 0 saturated heterocycles. The molecule has 0 atom stereocenters. The number of fused-ring (bicyclic) bond motifs is 7. The lowest BCUT2D eigenvalue weighted by Crippen LogP contribution is -2.18. The first-order chi connectivity index (χ1) is 31.0. The number of hydrogen-bond acceptors (Lipinski definition) is 1. The molecule has 298 valence electrons. The monoisotopic (exact) mass is 804 g/mol. The molecule has 1 aliphatic rings. The summed E-state index contributed by atoms with van der Waals surface area (Å²) in [6, 6.07) is 84.5. The van der Waals surface area contributed by atoms with Gasteiger partial charge in [-0.15, -0.1) is 0 Å². The van der Waals surface area contributed by atoms with Crippen molar-refractivity contribution in [1.82, 2.24) is 4.57 Å². The molecular weight excluding hydrogens is 761 g/mol. The molecule has 0 N–H and O–H groups in total. The summed E-state index contributed by atoms with van der Waals surface area (Å²) in [7, 11) is 0. The molecule has 1 aromatic heterocycles. The highest BCUT2D eigenvalue weighted by atomic mass is 15.1. The van der Waals surface area contributed by atoms with E-state index in [9.17, 15) is 0 Å². The van der Waals surface area contributed by atoms with E-state index in [1.165, 1.54) is 93.9 Å². The lowest BCUT2D eigenvalue weighted by molar-refractivity contribution is 0.657. The maximum atomic E-state index is 2.54. The Morgan fingerprint density at radius 1 is 0.333 bits per heavy atom. The maximum Gasteiger partial charge on any atom is 0.0587 e. The van der Waals surface area contributed by atoms with Crippen molar-refractivity contribution in [1.29, 1.82) is 0 Å². The van der Waals surface area contributed by atoms with Gasteiger partial charge in [0.1, 0.15) is 0 Å². The fraction of sp³-hybridized carbons (Fsp3) is 0.0492. The Morgan fingerprint density at radius 2 is 0.794 bits per heavy atom. The number of rotatable bonds is 7. The van der Waals surface area contributed by atoms with Crippen LogP contribution in [0.15, 0.2) is 231 Å². The number of benzene rings is 10. The van der Waals surface area contributed by atoms with Crippen LogP contribution in [0.4, 0.5) is 17.1 Å². The second kappa shape index (κ2) is 14.6. The first-order valence-electron chi connectivity index (χ1n) is 21.9. The highest BCUT2D eigenvalue weighted by Gasteiger charge is 2.39. The third-order valence-corrected chi connectivity index (χ3v) is 13.4. The zero-order chi connectivity index (χ0) is 42.1. The fourth-order valence-electron chi connectivity index (χ4n) is 10.4. The molecule has 0 radical (unpaired) electrons. The van der Waals surface area contributed by atoms with Crippen molar-refractivity contribution >= 4 is 49.6 Å². The molecule has 0 bridgehead atoms. The van der Waals surface area contributed by atoms with Gasteiger partial charge in [0, 0.05) is 38.8 Å². The standard InChI is InChI=1S/C61H44N2/c1-61(2)56-24-11-8-20-52(56)55-40-39-51(60(59(55)61)63-57-25-12-9-21-53(57)54-22-10-13-26-58(54)63)45-31-37-48(38-32-45)62(46-33-27-42(28-34-46)41-15-4-3-5-16-41)47-35-29-44(30-36-47)50-23-14-18-43-17-6-7-19-49(43)50/h3-40H,1-2H3. The molecule has 0 unspecified atom stereocenters. The topological polar surface area (TPSA) is 8.17 Å². The zero-order valence-corrected chi connectivity index (χ0v) is 35.3. The maximum absolute atomic E-state index is 2.54. The summed E-state index contributed by atoms with van der Waals surface area (Å²) < 4.78 is 2.54. The van der Waals surface area contributed by atoms with Crippen LogP contribution in [-0.2, 0) is 5.41 Å². The zero-order valence-electron chi connectivity index (χ0n) is 35.3. The van der Waals surface area contributed by atoms with Gasteiger partial charge in [0.05, 0.1) is 16.7 Å². The van der Waals surface area contributed by atoms with Crippen LogP contribution in [0.1, 0.15) is 25.0 Å². The van der Waals surface area contributed by atoms with Crippen molar-refractivity contribution < 1.29 is 0 Å². The largest absolute Gasteiger partial charge is 0.311 e. The molecule has 0 amide bonds. The van der Waals surface area contributed by atoms with E-state index >= 15 is 0 Å². The summed E-state index contributed by atoms with van der Waals surface area (Å²) in [5.74, 6) is 0. The summed E-state index contributed by atoms with van der Waals surface area (Å²) in [4.78, 5) is 2.38. The highest BCUT2D eigenvalue weighted by Crippen LogP contribution is 2.54. The summed E-state index contributed by atoms with van der Waals surface area (Å²) >= 11 is 0. The van der Waals surface area contributed by atoms with E-state index in [0.717, 1.165) is 17.1 Å². The van der Waals surface area contributed by atoms with Crippen LogP contribution in [0.25, 0.3) is 82.8 Å². The minimum atomic E-state index is -0.218. The predicted octanol–water partition coefficient (Wildman–Crippen LogP) is 16.7. The predicted molar refractivity (Wildman–Crippen MR) is 267 cm³/mol. The Bertz CT molecular complexity index is 3440. The Kier molecular flexibility index (Phi) is 8.55. The average molecular weight is 805 g/mol. The van der Waals surface area contributed by atoms with Gasteiger partial charge < -0.3 is 9.47 Å². The molecule has 0 aliphatic heterocycles. The number of para-hydroxylation sites is 2. The van der Waals surface area contributed by atoms with E-state index in [1.54, 1.807) is 0 Å². The van der Waals surface area contributed by atoms with Crippen molar-refractivity contribution in [3.8, 4) is 50.2 Å². The van der Waals surface area contributed by atoms with Crippen LogP contribution in [0.2, 0.25) is 0 Å². The van der Waals surface area contributed by atoms with Gasteiger partial charge in [0.15, 0.2) is 0 Å². The molecule has 0 saturated carbocycles. The van der Waals surface area contributed by atoms with E-state index in [1.807, 2.05) is 0 Å². The first-order valence-corrected chi connectivity index (χ1v) is 21.9. The average Bonchev–Trinajstić information content (AvgIpc) is 3.80.